The van der Waals surface area contributed by atoms with E-state index >= 15 is 0 Å². The summed E-state index contributed by atoms with van der Waals surface area (Å²) in [7, 11) is 0. The van der Waals surface area contributed by atoms with Gasteiger partial charge in [-0.25, -0.2) is 0 Å². The molecule has 2 heterocycles. The molecule has 1 aliphatic heterocycles. The summed E-state index contributed by atoms with van der Waals surface area (Å²) in [5.74, 6) is -0.866. The van der Waals surface area contributed by atoms with Crippen molar-refractivity contribution >= 4 is 23.2 Å². The van der Waals surface area contributed by atoms with Crippen molar-refractivity contribution < 1.29 is 14.7 Å². The van der Waals surface area contributed by atoms with Crippen LogP contribution in [0.25, 0.3) is 0 Å². The summed E-state index contributed by atoms with van der Waals surface area (Å²) in [5, 5.41) is 10.6. The van der Waals surface area contributed by atoms with Crippen molar-refractivity contribution in [2.75, 3.05) is 6.54 Å². The van der Waals surface area contributed by atoms with Gasteiger partial charge in [-0.2, -0.15) is 0 Å². The highest BCUT2D eigenvalue weighted by Gasteiger charge is 2.31. The fraction of sp³-hybridized carbons (Fsp3) is 0.455. The van der Waals surface area contributed by atoms with Crippen molar-refractivity contribution in [1.29, 1.82) is 0 Å². The van der Waals surface area contributed by atoms with Crippen molar-refractivity contribution in [2.45, 2.75) is 25.3 Å². The lowest BCUT2D eigenvalue weighted by Gasteiger charge is -2.22. The third-order valence-electron chi connectivity index (χ3n) is 2.78. The molecule has 1 aromatic heterocycles. The Bertz CT molecular complexity index is 388. The Morgan fingerprint density at radius 1 is 1.56 bits per heavy atom. The molecular formula is C11H13NO3S. The topological polar surface area (TPSA) is 57.6 Å². The van der Waals surface area contributed by atoms with Gasteiger partial charge in [0, 0.05) is 12.6 Å². The fourth-order valence-corrected chi connectivity index (χ4v) is 2.74. The summed E-state index contributed by atoms with van der Waals surface area (Å²) in [4.78, 5) is 25.1. The van der Waals surface area contributed by atoms with E-state index < -0.39 is 5.97 Å². The van der Waals surface area contributed by atoms with Gasteiger partial charge in [-0.3, -0.25) is 9.59 Å². The number of hydrogen-bond acceptors (Lipinski definition) is 3. The zero-order chi connectivity index (χ0) is 11.5. The first-order valence-corrected chi connectivity index (χ1v) is 6.12. The van der Waals surface area contributed by atoms with Gasteiger partial charge in [0.05, 0.1) is 11.3 Å². The maximum absolute atomic E-state index is 12.0. The molecule has 5 heteroatoms. The van der Waals surface area contributed by atoms with E-state index in [4.69, 9.17) is 5.11 Å². The smallest absolute Gasteiger partial charge is 0.305 e. The molecule has 1 aromatic rings. The second kappa shape index (κ2) is 4.65. The molecule has 0 radical (unpaired) electrons. The van der Waals surface area contributed by atoms with Crippen LogP contribution in [0.1, 0.15) is 28.9 Å². The van der Waals surface area contributed by atoms with Gasteiger partial charge >= 0.3 is 5.97 Å². The van der Waals surface area contributed by atoms with Crippen LogP contribution >= 0.6 is 11.3 Å². The first kappa shape index (κ1) is 11.1. The Morgan fingerprint density at radius 3 is 3.00 bits per heavy atom. The number of aliphatic carboxylic acids is 1. The zero-order valence-corrected chi connectivity index (χ0v) is 9.57. The molecule has 0 aliphatic carbocycles. The van der Waals surface area contributed by atoms with Crippen LogP contribution in [0.5, 0.6) is 0 Å². The van der Waals surface area contributed by atoms with Crippen LogP contribution in [-0.4, -0.2) is 34.5 Å². The Hall–Kier alpha value is -1.36. The lowest BCUT2D eigenvalue weighted by atomic mass is 10.1. The number of hydrogen-bond donors (Lipinski definition) is 1. The van der Waals surface area contributed by atoms with Crippen molar-refractivity contribution in [2.24, 2.45) is 0 Å². The number of amides is 1. The third kappa shape index (κ3) is 2.24. The van der Waals surface area contributed by atoms with E-state index in [1.165, 1.54) is 11.3 Å². The molecule has 16 heavy (non-hydrogen) atoms. The van der Waals surface area contributed by atoms with Gasteiger partial charge in [-0.15, -0.1) is 11.3 Å². The second-order valence-corrected chi connectivity index (χ2v) is 4.82. The standard InChI is InChI=1S/C11H13NO3S/c13-10(14)7-8-3-1-5-12(8)11(15)9-4-2-6-16-9/h2,4,6,8H,1,3,5,7H2,(H,13,14)/t8-/m1/s1. The Labute approximate surface area is 97.5 Å². The highest BCUT2D eigenvalue weighted by molar-refractivity contribution is 7.12. The van der Waals surface area contributed by atoms with Gasteiger partial charge in [-0.1, -0.05) is 6.07 Å². The highest BCUT2D eigenvalue weighted by Crippen LogP contribution is 2.23. The number of likely N-dealkylation sites (tertiary alicyclic amines) is 1. The first-order chi connectivity index (χ1) is 7.68. The van der Waals surface area contributed by atoms with E-state index in [0.717, 1.165) is 12.8 Å². The van der Waals surface area contributed by atoms with Gasteiger partial charge in [0.2, 0.25) is 0 Å². The molecule has 0 saturated carbocycles. The average Bonchev–Trinajstić information content (AvgIpc) is 2.84. The van der Waals surface area contributed by atoms with Gasteiger partial charge in [0.25, 0.3) is 5.91 Å². The molecule has 1 N–H and O–H groups in total. The summed E-state index contributed by atoms with van der Waals surface area (Å²) in [5.41, 5.74) is 0. The van der Waals surface area contributed by atoms with Crippen LogP contribution in [0.15, 0.2) is 17.5 Å². The monoisotopic (exact) mass is 239 g/mol. The SMILES string of the molecule is O=C(O)C[C@H]1CCCN1C(=O)c1cccs1. The summed E-state index contributed by atoms with van der Waals surface area (Å²) in [6, 6.07) is 3.48. The van der Waals surface area contributed by atoms with Gasteiger partial charge in [0.15, 0.2) is 0 Å². The van der Waals surface area contributed by atoms with Crippen molar-refractivity contribution in [1.82, 2.24) is 4.90 Å². The van der Waals surface area contributed by atoms with E-state index in [1.54, 1.807) is 11.0 Å². The second-order valence-electron chi connectivity index (χ2n) is 3.87. The molecular weight excluding hydrogens is 226 g/mol. The average molecular weight is 239 g/mol. The number of carboxylic acid groups (broad SMARTS) is 1. The molecule has 2 rings (SSSR count). The van der Waals surface area contributed by atoms with Crippen LogP contribution in [0, 0.1) is 0 Å². The fourth-order valence-electron chi connectivity index (χ4n) is 2.06. The molecule has 86 valence electrons. The first-order valence-electron chi connectivity index (χ1n) is 5.25. The summed E-state index contributed by atoms with van der Waals surface area (Å²) >= 11 is 1.40. The van der Waals surface area contributed by atoms with Crippen molar-refractivity contribution in [3.8, 4) is 0 Å². The molecule has 0 spiro atoms. The summed E-state index contributed by atoms with van der Waals surface area (Å²) in [6.45, 7) is 0.675. The molecule has 1 atom stereocenters. The lowest BCUT2D eigenvalue weighted by molar-refractivity contribution is -0.137. The Balaban J connectivity index is 2.08. The zero-order valence-electron chi connectivity index (χ0n) is 8.76. The maximum Gasteiger partial charge on any atom is 0.305 e. The minimum Gasteiger partial charge on any atom is -0.481 e. The highest BCUT2D eigenvalue weighted by atomic mass is 32.1. The molecule has 0 unspecified atom stereocenters. The number of carboxylic acids is 1. The third-order valence-corrected chi connectivity index (χ3v) is 3.64. The van der Waals surface area contributed by atoms with Gasteiger partial charge in [0.1, 0.15) is 0 Å². The van der Waals surface area contributed by atoms with Gasteiger partial charge < -0.3 is 10.0 Å². The van der Waals surface area contributed by atoms with E-state index in [0.29, 0.717) is 11.4 Å². The van der Waals surface area contributed by atoms with Crippen molar-refractivity contribution in [3.05, 3.63) is 22.4 Å². The predicted molar refractivity (Wildman–Crippen MR) is 60.6 cm³/mol. The summed E-state index contributed by atoms with van der Waals surface area (Å²) < 4.78 is 0. The molecule has 1 saturated heterocycles. The van der Waals surface area contributed by atoms with Crippen LogP contribution < -0.4 is 0 Å². The number of thiophene rings is 1. The van der Waals surface area contributed by atoms with Crippen LogP contribution in [0.3, 0.4) is 0 Å². The van der Waals surface area contributed by atoms with E-state index in [9.17, 15) is 9.59 Å². The molecule has 0 bridgehead atoms. The number of nitrogens with zero attached hydrogens (tertiary/aromatic N) is 1. The molecule has 1 aliphatic rings. The van der Waals surface area contributed by atoms with Crippen LogP contribution in [0.2, 0.25) is 0 Å². The largest absolute Gasteiger partial charge is 0.481 e. The number of carbonyl (C=O) groups excluding carboxylic acids is 1. The van der Waals surface area contributed by atoms with Gasteiger partial charge in [-0.05, 0) is 24.3 Å². The molecule has 1 amide bonds. The molecule has 0 aromatic carbocycles. The maximum atomic E-state index is 12.0. The minimum atomic E-state index is -0.837. The van der Waals surface area contributed by atoms with E-state index in [1.807, 2.05) is 11.4 Å². The van der Waals surface area contributed by atoms with E-state index in [-0.39, 0.29) is 18.4 Å². The van der Waals surface area contributed by atoms with E-state index in [2.05, 4.69) is 0 Å². The van der Waals surface area contributed by atoms with Crippen LogP contribution in [-0.2, 0) is 4.79 Å². The molecule has 4 nitrogen and oxygen atoms in total. The van der Waals surface area contributed by atoms with Crippen LogP contribution in [0.4, 0.5) is 0 Å². The van der Waals surface area contributed by atoms with Crippen molar-refractivity contribution in [3.63, 3.8) is 0 Å². The Kier molecular flexibility index (Phi) is 3.24. The minimum absolute atomic E-state index is 0.0289. The predicted octanol–water partition coefficient (Wildman–Crippen LogP) is 1.83. The Morgan fingerprint density at radius 2 is 2.38 bits per heavy atom. The quantitative estimate of drug-likeness (QED) is 0.875. The number of carbonyl (C=O) groups is 2. The summed E-state index contributed by atoms with van der Waals surface area (Å²) in [6.07, 6.45) is 1.75. The lowest BCUT2D eigenvalue weighted by Crippen LogP contribution is -2.36. The molecule has 1 fully saturated rings. The normalized spacial score (nSPS) is 20.0. The number of rotatable bonds is 3.